The molecule has 0 spiro atoms. The number of rotatable bonds is 1. The molecular weight excluding hydrogens is 255 g/mol. The van der Waals surface area contributed by atoms with E-state index in [2.05, 4.69) is 5.32 Å². The fourth-order valence-electron chi connectivity index (χ4n) is 1.63. The maximum atomic E-state index is 12.7. The molecule has 0 atom stereocenters. The van der Waals surface area contributed by atoms with Gasteiger partial charge in [-0.25, -0.2) is 4.39 Å². The number of nitrogens with one attached hydrogen (secondary N) is 1. The maximum Gasteiger partial charge on any atom is 0.283 e. The lowest BCUT2D eigenvalue weighted by molar-refractivity contribution is -0.111. The molecule has 0 unspecified atom stereocenters. The molecule has 6 heteroatoms. The highest BCUT2D eigenvalue weighted by Crippen LogP contribution is 2.09. The SMILES string of the molecule is O=C(Nc1ccc(F)cc1)C(=S)N1CCOCC1. The van der Waals surface area contributed by atoms with Gasteiger partial charge in [0, 0.05) is 18.8 Å². The van der Waals surface area contributed by atoms with Gasteiger partial charge < -0.3 is 15.0 Å². The van der Waals surface area contributed by atoms with Crippen LogP contribution in [0.25, 0.3) is 0 Å². The summed E-state index contributed by atoms with van der Waals surface area (Å²) in [7, 11) is 0. The summed E-state index contributed by atoms with van der Waals surface area (Å²) in [6.45, 7) is 2.39. The molecule has 0 saturated carbocycles. The first kappa shape index (κ1) is 12.9. The molecular formula is C12H13FN2O2S. The zero-order chi connectivity index (χ0) is 13.0. The Bertz CT molecular complexity index is 444. The van der Waals surface area contributed by atoms with E-state index in [0.717, 1.165) is 0 Å². The van der Waals surface area contributed by atoms with E-state index in [9.17, 15) is 9.18 Å². The lowest BCUT2D eigenvalue weighted by Gasteiger charge is -2.28. The maximum absolute atomic E-state index is 12.7. The predicted octanol–water partition coefficient (Wildman–Crippen LogP) is 1.42. The lowest BCUT2D eigenvalue weighted by Crippen LogP contribution is -2.44. The fraction of sp³-hybridized carbons (Fsp3) is 0.333. The predicted molar refractivity (Wildman–Crippen MR) is 70.0 cm³/mol. The number of halogens is 1. The average molecular weight is 268 g/mol. The molecule has 1 heterocycles. The third-order valence-electron chi connectivity index (χ3n) is 2.59. The smallest absolute Gasteiger partial charge is 0.283 e. The summed E-state index contributed by atoms with van der Waals surface area (Å²) in [4.78, 5) is 13.9. The Kier molecular flexibility index (Phi) is 4.22. The number of benzene rings is 1. The van der Waals surface area contributed by atoms with Crippen molar-refractivity contribution in [3.05, 3.63) is 30.1 Å². The van der Waals surface area contributed by atoms with Crippen molar-refractivity contribution in [3.63, 3.8) is 0 Å². The summed E-state index contributed by atoms with van der Waals surface area (Å²) in [5.41, 5.74) is 0.525. The molecule has 0 bridgehead atoms. The fourth-order valence-corrected chi connectivity index (χ4v) is 1.86. The normalized spacial score (nSPS) is 15.3. The van der Waals surface area contributed by atoms with Gasteiger partial charge in [-0.05, 0) is 24.3 Å². The first-order valence-electron chi connectivity index (χ1n) is 5.60. The molecule has 1 fully saturated rings. The van der Waals surface area contributed by atoms with Crippen LogP contribution in [0.15, 0.2) is 24.3 Å². The topological polar surface area (TPSA) is 41.6 Å². The summed E-state index contributed by atoms with van der Waals surface area (Å²) in [6, 6.07) is 5.56. The Morgan fingerprint density at radius 2 is 1.89 bits per heavy atom. The van der Waals surface area contributed by atoms with Gasteiger partial charge in [-0.15, -0.1) is 0 Å². The second-order valence-electron chi connectivity index (χ2n) is 3.87. The Hall–Kier alpha value is -1.53. The number of hydrogen-bond donors (Lipinski definition) is 1. The summed E-state index contributed by atoms with van der Waals surface area (Å²) in [6.07, 6.45) is 0. The van der Waals surface area contributed by atoms with Crippen molar-refractivity contribution < 1.29 is 13.9 Å². The van der Waals surface area contributed by atoms with Gasteiger partial charge in [-0.1, -0.05) is 12.2 Å². The van der Waals surface area contributed by atoms with Gasteiger partial charge in [0.15, 0.2) is 4.99 Å². The molecule has 2 rings (SSSR count). The molecule has 0 radical (unpaired) electrons. The van der Waals surface area contributed by atoms with E-state index in [1.54, 1.807) is 4.90 Å². The monoisotopic (exact) mass is 268 g/mol. The van der Waals surface area contributed by atoms with E-state index in [-0.39, 0.29) is 16.7 Å². The van der Waals surface area contributed by atoms with Gasteiger partial charge in [-0.3, -0.25) is 4.79 Å². The number of anilines is 1. The zero-order valence-electron chi connectivity index (χ0n) is 9.69. The molecule has 4 nitrogen and oxygen atoms in total. The minimum Gasteiger partial charge on any atom is -0.378 e. The zero-order valence-corrected chi connectivity index (χ0v) is 10.5. The van der Waals surface area contributed by atoms with E-state index in [1.807, 2.05) is 0 Å². The molecule has 96 valence electrons. The number of thiocarbonyl (C=S) groups is 1. The van der Waals surface area contributed by atoms with Crippen LogP contribution in [0.1, 0.15) is 0 Å². The lowest BCUT2D eigenvalue weighted by atomic mass is 10.3. The molecule has 1 amide bonds. The second kappa shape index (κ2) is 5.88. The number of morpholine rings is 1. The van der Waals surface area contributed by atoms with Gasteiger partial charge in [0.25, 0.3) is 5.91 Å². The number of carbonyl (C=O) groups is 1. The van der Waals surface area contributed by atoms with Crippen molar-refractivity contribution in [2.24, 2.45) is 0 Å². The van der Waals surface area contributed by atoms with E-state index in [4.69, 9.17) is 17.0 Å². The van der Waals surface area contributed by atoms with E-state index >= 15 is 0 Å². The Morgan fingerprint density at radius 3 is 2.50 bits per heavy atom. The van der Waals surface area contributed by atoms with Crippen LogP contribution in [0.3, 0.4) is 0 Å². The van der Waals surface area contributed by atoms with E-state index in [0.29, 0.717) is 32.0 Å². The standard InChI is InChI=1S/C12H13FN2O2S/c13-9-1-3-10(4-2-9)14-11(16)12(18)15-5-7-17-8-6-15/h1-4H,5-8H2,(H,14,16). The molecule has 1 aliphatic heterocycles. The van der Waals surface area contributed by atoms with Gasteiger partial charge in [-0.2, -0.15) is 0 Å². The van der Waals surface area contributed by atoms with Gasteiger partial charge in [0.1, 0.15) is 5.82 Å². The first-order valence-corrected chi connectivity index (χ1v) is 6.01. The molecule has 0 aromatic heterocycles. The highest BCUT2D eigenvalue weighted by Gasteiger charge is 2.19. The number of ether oxygens (including phenoxy) is 1. The number of hydrogen-bond acceptors (Lipinski definition) is 3. The van der Waals surface area contributed by atoms with Gasteiger partial charge in [0.05, 0.1) is 13.2 Å². The van der Waals surface area contributed by atoms with Crippen LogP contribution in [0, 0.1) is 5.82 Å². The van der Waals surface area contributed by atoms with Crippen molar-refractivity contribution >= 4 is 28.8 Å². The molecule has 1 aromatic carbocycles. The van der Waals surface area contributed by atoms with Crippen LogP contribution < -0.4 is 5.32 Å². The molecule has 0 aliphatic carbocycles. The average Bonchev–Trinajstić information content (AvgIpc) is 2.41. The van der Waals surface area contributed by atoms with Gasteiger partial charge in [0.2, 0.25) is 0 Å². The van der Waals surface area contributed by atoms with E-state index < -0.39 is 0 Å². The summed E-state index contributed by atoms with van der Waals surface area (Å²) < 4.78 is 17.9. The molecule has 18 heavy (non-hydrogen) atoms. The van der Waals surface area contributed by atoms with E-state index in [1.165, 1.54) is 24.3 Å². The summed E-state index contributed by atoms with van der Waals surface area (Å²) in [5.74, 6) is -0.692. The molecule has 1 aromatic rings. The van der Waals surface area contributed by atoms with Crippen LogP contribution in [-0.2, 0) is 9.53 Å². The highest BCUT2D eigenvalue weighted by molar-refractivity contribution is 7.82. The van der Waals surface area contributed by atoms with Gasteiger partial charge >= 0.3 is 0 Å². The first-order chi connectivity index (χ1) is 8.66. The van der Waals surface area contributed by atoms with Crippen LogP contribution in [0.5, 0.6) is 0 Å². The van der Waals surface area contributed by atoms with Crippen LogP contribution >= 0.6 is 12.2 Å². The molecule has 1 N–H and O–H groups in total. The number of amides is 1. The Balaban J connectivity index is 1.94. The molecule has 1 saturated heterocycles. The highest BCUT2D eigenvalue weighted by atomic mass is 32.1. The minimum absolute atomic E-state index is 0.239. The summed E-state index contributed by atoms with van der Waals surface area (Å²) >= 11 is 5.11. The minimum atomic E-state index is -0.349. The largest absolute Gasteiger partial charge is 0.378 e. The van der Waals surface area contributed by atoms with Crippen molar-refractivity contribution in [2.45, 2.75) is 0 Å². The third kappa shape index (κ3) is 3.24. The van der Waals surface area contributed by atoms with Crippen molar-refractivity contribution in [1.29, 1.82) is 0 Å². The van der Waals surface area contributed by atoms with Crippen LogP contribution in [0.2, 0.25) is 0 Å². The quantitative estimate of drug-likeness (QED) is 0.782. The van der Waals surface area contributed by atoms with Crippen molar-refractivity contribution in [1.82, 2.24) is 4.90 Å². The Morgan fingerprint density at radius 1 is 1.28 bits per heavy atom. The molecule has 1 aliphatic rings. The number of nitrogens with zero attached hydrogens (tertiary/aromatic N) is 1. The summed E-state index contributed by atoms with van der Waals surface area (Å²) in [5, 5.41) is 2.64. The van der Waals surface area contributed by atoms with Crippen molar-refractivity contribution in [3.8, 4) is 0 Å². The van der Waals surface area contributed by atoms with Crippen LogP contribution in [-0.4, -0.2) is 42.1 Å². The van der Waals surface area contributed by atoms with Crippen LogP contribution in [0.4, 0.5) is 10.1 Å². The third-order valence-corrected chi connectivity index (χ3v) is 3.04. The second-order valence-corrected chi connectivity index (χ2v) is 4.25. The number of carbonyl (C=O) groups excluding carboxylic acids is 1. The van der Waals surface area contributed by atoms with Crippen molar-refractivity contribution in [2.75, 3.05) is 31.6 Å². The Labute approximate surface area is 110 Å².